The maximum atomic E-state index is 13.8. The number of carbonyl (C=O) groups excluding carboxylic acids is 1. The molecule has 0 aliphatic heterocycles. The Labute approximate surface area is 192 Å². The van der Waals surface area contributed by atoms with Gasteiger partial charge in [-0.1, -0.05) is 72.8 Å². The Morgan fingerprint density at radius 1 is 0.970 bits per heavy atom. The van der Waals surface area contributed by atoms with E-state index >= 15 is 0 Å². The van der Waals surface area contributed by atoms with Crippen LogP contribution in [0.4, 0.5) is 4.39 Å². The zero-order valence-corrected chi connectivity index (χ0v) is 18.4. The molecule has 1 atom stereocenters. The van der Waals surface area contributed by atoms with Crippen molar-refractivity contribution in [1.82, 2.24) is 15.2 Å². The molecule has 1 heterocycles. The molecule has 3 aromatic carbocycles. The van der Waals surface area contributed by atoms with Crippen molar-refractivity contribution in [3.63, 3.8) is 0 Å². The van der Waals surface area contributed by atoms with Gasteiger partial charge in [0.15, 0.2) is 5.69 Å². The van der Waals surface area contributed by atoms with Crippen LogP contribution in [0.25, 0.3) is 0 Å². The van der Waals surface area contributed by atoms with Gasteiger partial charge in [-0.25, -0.2) is 9.37 Å². The van der Waals surface area contributed by atoms with Crippen molar-refractivity contribution >= 4 is 5.91 Å². The number of nitrogens with one attached hydrogen (secondary N) is 1. The van der Waals surface area contributed by atoms with Crippen LogP contribution in [0, 0.1) is 5.82 Å². The zero-order chi connectivity index (χ0) is 23.0. The van der Waals surface area contributed by atoms with E-state index in [9.17, 15) is 9.18 Å². The molecule has 33 heavy (non-hydrogen) atoms. The third-order valence-corrected chi connectivity index (χ3v) is 5.52. The molecular weight excluding hydrogens is 417 g/mol. The molecule has 0 saturated carbocycles. The van der Waals surface area contributed by atoms with Crippen LogP contribution in [0.5, 0.6) is 0 Å². The first-order valence-electron chi connectivity index (χ1n) is 10.9. The standard InChI is InChI=1S/C27H26FN3O2/c1-20(23-12-6-3-7-13-23)31(17-22-11-8-14-24(28)15-22)18-26-30-25(19-33-26)27(32)29-16-21-9-4-2-5-10-21/h2-15,19-20H,16-18H2,1H3,(H,29,32)/t20-/m1/s1. The average Bonchev–Trinajstić information content (AvgIpc) is 3.32. The molecule has 0 aliphatic rings. The molecule has 4 rings (SSSR count). The summed E-state index contributed by atoms with van der Waals surface area (Å²) in [5, 5.41) is 2.86. The molecule has 1 aromatic heterocycles. The van der Waals surface area contributed by atoms with E-state index in [0.29, 0.717) is 25.5 Å². The van der Waals surface area contributed by atoms with Gasteiger partial charge in [-0.05, 0) is 35.7 Å². The van der Waals surface area contributed by atoms with Crippen LogP contribution in [0.2, 0.25) is 0 Å². The van der Waals surface area contributed by atoms with Crippen LogP contribution in [-0.2, 0) is 19.6 Å². The van der Waals surface area contributed by atoms with Gasteiger partial charge in [0.05, 0.1) is 6.54 Å². The predicted octanol–water partition coefficient (Wildman–Crippen LogP) is 5.51. The number of hydrogen-bond donors (Lipinski definition) is 1. The SMILES string of the molecule is C[C@H](c1ccccc1)N(Cc1cccc(F)c1)Cc1nc(C(=O)NCc2ccccc2)co1. The smallest absolute Gasteiger partial charge is 0.273 e. The van der Waals surface area contributed by atoms with Crippen molar-refractivity contribution in [2.75, 3.05) is 0 Å². The molecule has 0 fully saturated rings. The van der Waals surface area contributed by atoms with Gasteiger partial charge in [0, 0.05) is 19.1 Å². The molecule has 4 aromatic rings. The van der Waals surface area contributed by atoms with Gasteiger partial charge < -0.3 is 9.73 Å². The monoisotopic (exact) mass is 443 g/mol. The van der Waals surface area contributed by atoms with Crippen LogP contribution < -0.4 is 5.32 Å². The number of aromatic nitrogens is 1. The fourth-order valence-corrected chi connectivity index (χ4v) is 3.67. The number of halogens is 1. The van der Waals surface area contributed by atoms with Crippen molar-refractivity contribution in [2.24, 2.45) is 0 Å². The molecule has 0 radical (unpaired) electrons. The Kier molecular flexibility index (Phi) is 7.27. The van der Waals surface area contributed by atoms with E-state index in [1.165, 1.54) is 18.4 Å². The number of nitrogens with zero attached hydrogens (tertiary/aromatic N) is 2. The summed E-state index contributed by atoms with van der Waals surface area (Å²) in [5.74, 6) is -0.131. The molecule has 0 unspecified atom stereocenters. The summed E-state index contributed by atoms with van der Waals surface area (Å²) >= 11 is 0. The van der Waals surface area contributed by atoms with Crippen molar-refractivity contribution in [2.45, 2.75) is 32.6 Å². The summed E-state index contributed by atoms with van der Waals surface area (Å²) in [7, 11) is 0. The number of benzene rings is 3. The Bertz CT molecular complexity index is 1180. The average molecular weight is 444 g/mol. The predicted molar refractivity (Wildman–Crippen MR) is 125 cm³/mol. The first-order chi connectivity index (χ1) is 16.1. The maximum absolute atomic E-state index is 13.8. The van der Waals surface area contributed by atoms with Crippen molar-refractivity contribution < 1.29 is 13.6 Å². The fourth-order valence-electron chi connectivity index (χ4n) is 3.67. The lowest BCUT2D eigenvalue weighted by atomic mass is 10.1. The second kappa shape index (κ2) is 10.7. The lowest BCUT2D eigenvalue weighted by Crippen LogP contribution is -2.27. The summed E-state index contributed by atoms with van der Waals surface area (Å²) in [4.78, 5) is 19.1. The van der Waals surface area contributed by atoms with E-state index in [1.807, 2.05) is 54.6 Å². The minimum absolute atomic E-state index is 0.0247. The number of hydrogen-bond acceptors (Lipinski definition) is 4. The van der Waals surface area contributed by atoms with Crippen molar-refractivity contribution in [1.29, 1.82) is 0 Å². The maximum Gasteiger partial charge on any atom is 0.273 e. The highest BCUT2D eigenvalue weighted by atomic mass is 19.1. The third kappa shape index (κ3) is 6.14. The Morgan fingerprint density at radius 3 is 2.39 bits per heavy atom. The van der Waals surface area contributed by atoms with Crippen LogP contribution in [0.3, 0.4) is 0 Å². The molecule has 0 aliphatic carbocycles. The van der Waals surface area contributed by atoms with Crippen LogP contribution >= 0.6 is 0 Å². The third-order valence-electron chi connectivity index (χ3n) is 5.52. The minimum Gasteiger partial charge on any atom is -0.447 e. The largest absolute Gasteiger partial charge is 0.447 e. The van der Waals surface area contributed by atoms with Crippen LogP contribution in [0.1, 0.15) is 46.0 Å². The van der Waals surface area contributed by atoms with E-state index < -0.39 is 0 Å². The van der Waals surface area contributed by atoms with Gasteiger partial charge in [-0.2, -0.15) is 0 Å². The quantitative estimate of drug-likeness (QED) is 0.371. The number of oxazole rings is 1. The summed E-state index contributed by atoms with van der Waals surface area (Å²) in [5.41, 5.74) is 3.22. The van der Waals surface area contributed by atoms with E-state index in [1.54, 1.807) is 6.07 Å². The van der Waals surface area contributed by atoms with E-state index in [-0.39, 0.29) is 23.5 Å². The Morgan fingerprint density at radius 2 is 1.67 bits per heavy atom. The first kappa shape index (κ1) is 22.4. The molecule has 168 valence electrons. The highest BCUT2D eigenvalue weighted by Crippen LogP contribution is 2.24. The molecule has 6 heteroatoms. The van der Waals surface area contributed by atoms with Crippen LogP contribution in [0.15, 0.2) is 95.6 Å². The second-order valence-electron chi connectivity index (χ2n) is 7.92. The van der Waals surface area contributed by atoms with Gasteiger partial charge in [0.1, 0.15) is 12.1 Å². The highest BCUT2D eigenvalue weighted by Gasteiger charge is 2.20. The molecule has 0 saturated heterocycles. The number of amides is 1. The summed E-state index contributed by atoms with van der Waals surface area (Å²) in [6, 6.07) is 26.3. The van der Waals surface area contributed by atoms with Gasteiger partial charge in [-0.3, -0.25) is 9.69 Å². The summed E-state index contributed by atoms with van der Waals surface area (Å²) in [6.07, 6.45) is 1.38. The van der Waals surface area contributed by atoms with E-state index in [0.717, 1.165) is 16.7 Å². The summed E-state index contributed by atoms with van der Waals surface area (Å²) < 4.78 is 19.4. The van der Waals surface area contributed by atoms with E-state index in [4.69, 9.17) is 4.42 Å². The lowest BCUT2D eigenvalue weighted by molar-refractivity contribution is 0.0945. The molecule has 1 N–H and O–H groups in total. The topological polar surface area (TPSA) is 58.4 Å². The minimum atomic E-state index is -0.290. The molecule has 1 amide bonds. The highest BCUT2D eigenvalue weighted by molar-refractivity contribution is 5.91. The van der Waals surface area contributed by atoms with Crippen molar-refractivity contribution in [3.8, 4) is 0 Å². The zero-order valence-electron chi connectivity index (χ0n) is 18.4. The second-order valence-corrected chi connectivity index (χ2v) is 7.92. The number of carbonyl (C=O) groups is 1. The molecule has 0 spiro atoms. The lowest BCUT2D eigenvalue weighted by Gasteiger charge is -2.28. The Hall–Kier alpha value is -3.77. The fraction of sp³-hybridized carbons (Fsp3) is 0.185. The normalized spacial score (nSPS) is 12.0. The van der Waals surface area contributed by atoms with Gasteiger partial charge in [0.2, 0.25) is 5.89 Å². The summed E-state index contributed by atoms with van der Waals surface area (Å²) in [6.45, 7) is 3.38. The van der Waals surface area contributed by atoms with Gasteiger partial charge >= 0.3 is 0 Å². The molecule has 5 nitrogen and oxygen atoms in total. The number of rotatable bonds is 9. The van der Waals surface area contributed by atoms with Crippen molar-refractivity contribution in [3.05, 3.63) is 125 Å². The van der Waals surface area contributed by atoms with E-state index in [2.05, 4.69) is 34.3 Å². The first-order valence-corrected chi connectivity index (χ1v) is 10.9. The van der Waals surface area contributed by atoms with Gasteiger partial charge in [-0.15, -0.1) is 0 Å². The van der Waals surface area contributed by atoms with Gasteiger partial charge in [0.25, 0.3) is 5.91 Å². The molecule has 0 bridgehead atoms. The molecular formula is C27H26FN3O2. The Balaban J connectivity index is 1.47. The van der Waals surface area contributed by atoms with Crippen LogP contribution in [-0.4, -0.2) is 15.8 Å².